The minimum Gasteiger partial charge on any atom is -0.378 e. The quantitative estimate of drug-likeness (QED) is 0.399. The smallest absolute Gasteiger partial charge is 0.378 e. The van der Waals surface area contributed by atoms with E-state index >= 15 is 0 Å². The Morgan fingerprint density at radius 1 is 1.14 bits per heavy atom. The molecule has 13 heteroatoms. The minimum atomic E-state index is -5.26. The van der Waals surface area contributed by atoms with Crippen LogP contribution in [0.3, 0.4) is 0 Å². The molecule has 1 heterocycles. The lowest BCUT2D eigenvalue weighted by atomic mass is 10.0. The van der Waals surface area contributed by atoms with Crippen LogP contribution < -0.4 is 11.1 Å². The molecule has 1 aliphatic heterocycles. The summed E-state index contributed by atoms with van der Waals surface area (Å²) in [6, 6.07) is 9.64. The number of hydrazone groups is 1. The summed E-state index contributed by atoms with van der Waals surface area (Å²) in [6.07, 6.45) is -4.18. The third-order valence-electron chi connectivity index (χ3n) is 5.28. The molecule has 8 nitrogen and oxygen atoms in total. The summed E-state index contributed by atoms with van der Waals surface area (Å²) in [5, 5.41) is 16.2. The Balaban J connectivity index is 1.73. The summed E-state index contributed by atoms with van der Waals surface area (Å²) in [5.41, 5.74) is 2.19. The Morgan fingerprint density at radius 3 is 2.37 bits per heavy atom. The lowest BCUT2D eigenvalue weighted by Gasteiger charge is -2.34. The van der Waals surface area contributed by atoms with Crippen molar-refractivity contribution in [1.82, 2.24) is 10.2 Å². The summed E-state index contributed by atoms with van der Waals surface area (Å²) < 4.78 is 69.3. The summed E-state index contributed by atoms with van der Waals surface area (Å²) in [4.78, 5) is 25.5. The zero-order valence-electron chi connectivity index (χ0n) is 18.3. The molecule has 0 bridgehead atoms. The summed E-state index contributed by atoms with van der Waals surface area (Å²) >= 11 is 0. The SMILES string of the molecule is CN(CC(O)(CNC(=O)C1C=N[N+](c2ccc(F)cc2)=C1N)C(F)(F)F)C(=O)c1ccccc1F. The number of aliphatic hydroxyl groups is 1. The maximum Gasteiger partial charge on any atom is 0.420 e. The van der Waals surface area contributed by atoms with E-state index in [9.17, 15) is 36.6 Å². The molecular formula is C22H21F5N5O3+. The number of amides is 2. The Hall–Kier alpha value is -3.87. The van der Waals surface area contributed by atoms with Gasteiger partial charge in [0, 0.05) is 7.05 Å². The van der Waals surface area contributed by atoms with Gasteiger partial charge in [0.15, 0.2) is 17.2 Å². The van der Waals surface area contributed by atoms with E-state index in [4.69, 9.17) is 5.73 Å². The van der Waals surface area contributed by atoms with E-state index < -0.39 is 59.8 Å². The van der Waals surface area contributed by atoms with Gasteiger partial charge in [-0.1, -0.05) is 17.2 Å². The third kappa shape index (κ3) is 5.45. The summed E-state index contributed by atoms with van der Waals surface area (Å²) in [6.45, 7) is -2.61. The summed E-state index contributed by atoms with van der Waals surface area (Å²) in [7, 11) is 0.962. The highest BCUT2D eigenvalue weighted by molar-refractivity contribution is 6.14. The largest absolute Gasteiger partial charge is 0.420 e. The zero-order valence-corrected chi connectivity index (χ0v) is 18.3. The van der Waals surface area contributed by atoms with Gasteiger partial charge in [-0.15, -0.1) is 4.68 Å². The molecule has 35 heavy (non-hydrogen) atoms. The van der Waals surface area contributed by atoms with Crippen molar-refractivity contribution in [3.05, 3.63) is 65.7 Å². The Bertz CT molecular complexity index is 1180. The van der Waals surface area contributed by atoms with Crippen LogP contribution in [0.2, 0.25) is 0 Å². The van der Waals surface area contributed by atoms with Crippen LogP contribution in [0, 0.1) is 17.6 Å². The van der Waals surface area contributed by atoms with Crippen LogP contribution in [0.4, 0.5) is 27.6 Å². The van der Waals surface area contributed by atoms with Crippen molar-refractivity contribution in [2.45, 2.75) is 11.8 Å². The molecule has 0 spiro atoms. The fourth-order valence-electron chi connectivity index (χ4n) is 3.30. The molecule has 2 atom stereocenters. The predicted octanol–water partition coefficient (Wildman–Crippen LogP) is 1.76. The number of carbonyl (C=O) groups excluding carboxylic acids is 2. The lowest BCUT2D eigenvalue weighted by molar-refractivity contribution is -0.443. The van der Waals surface area contributed by atoms with Gasteiger partial charge >= 0.3 is 6.18 Å². The second-order valence-electron chi connectivity index (χ2n) is 7.84. The Kier molecular flexibility index (Phi) is 7.19. The number of nitrogens with zero attached hydrogens (tertiary/aromatic N) is 3. The Morgan fingerprint density at radius 2 is 1.77 bits per heavy atom. The van der Waals surface area contributed by atoms with Gasteiger partial charge in [-0.05, 0) is 36.4 Å². The van der Waals surface area contributed by atoms with Gasteiger partial charge in [0.05, 0.1) is 24.9 Å². The number of nitrogens with one attached hydrogen (secondary N) is 1. The first-order valence-electron chi connectivity index (χ1n) is 10.1. The maximum absolute atomic E-state index is 13.9. The molecule has 2 aromatic carbocycles. The van der Waals surface area contributed by atoms with Gasteiger partial charge < -0.3 is 15.3 Å². The highest BCUT2D eigenvalue weighted by Crippen LogP contribution is 2.31. The fraction of sp³-hybridized carbons (Fsp3) is 0.273. The molecule has 0 aliphatic carbocycles. The van der Waals surface area contributed by atoms with E-state index in [0.29, 0.717) is 10.6 Å². The number of alkyl halides is 3. The van der Waals surface area contributed by atoms with Crippen molar-refractivity contribution in [1.29, 1.82) is 0 Å². The van der Waals surface area contributed by atoms with Crippen LogP contribution in [0.25, 0.3) is 0 Å². The van der Waals surface area contributed by atoms with Crippen LogP contribution in [-0.4, -0.2) is 70.5 Å². The molecule has 2 amide bonds. The summed E-state index contributed by atoms with van der Waals surface area (Å²) in [5.74, 6) is -4.97. The number of carbonyl (C=O) groups is 2. The Labute approximate surface area is 196 Å². The van der Waals surface area contributed by atoms with Crippen LogP contribution in [0.5, 0.6) is 0 Å². The first kappa shape index (κ1) is 25.7. The van der Waals surface area contributed by atoms with Gasteiger partial charge in [-0.2, -0.15) is 13.2 Å². The minimum absolute atomic E-state index is 0.156. The van der Waals surface area contributed by atoms with Crippen LogP contribution in [0.1, 0.15) is 10.4 Å². The first-order chi connectivity index (χ1) is 16.3. The van der Waals surface area contributed by atoms with E-state index in [1.807, 2.05) is 5.32 Å². The van der Waals surface area contributed by atoms with Crippen molar-refractivity contribution in [2.24, 2.45) is 16.8 Å². The van der Waals surface area contributed by atoms with Crippen LogP contribution >= 0.6 is 0 Å². The highest BCUT2D eigenvalue weighted by atomic mass is 19.4. The molecule has 3 rings (SSSR count). The molecule has 0 saturated heterocycles. The van der Waals surface area contributed by atoms with Gasteiger partial charge in [-0.25, -0.2) is 8.78 Å². The highest BCUT2D eigenvalue weighted by Gasteiger charge is 2.55. The van der Waals surface area contributed by atoms with Crippen molar-refractivity contribution in [3.63, 3.8) is 0 Å². The first-order valence-corrected chi connectivity index (χ1v) is 10.1. The van der Waals surface area contributed by atoms with Gasteiger partial charge in [0.1, 0.15) is 11.6 Å². The molecule has 186 valence electrons. The van der Waals surface area contributed by atoms with Crippen LogP contribution in [-0.2, 0) is 4.79 Å². The van der Waals surface area contributed by atoms with E-state index in [1.165, 1.54) is 24.3 Å². The topological polar surface area (TPSA) is 111 Å². The fourth-order valence-corrected chi connectivity index (χ4v) is 3.30. The molecule has 2 aromatic rings. The number of hydrogen-bond acceptors (Lipinski definition) is 5. The van der Waals surface area contributed by atoms with Crippen molar-refractivity contribution in [2.75, 3.05) is 20.1 Å². The van der Waals surface area contributed by atoms with Crippen molar-refractivity contribution >= 4 is 29.6 Å². The standard InChI is InChI=1S/C22H20F5N5O3/c1-31(20(34)15-4-2-3-5-17(15)24)12-21(35,22(25,26)27)11-29-19(33)16-10-30-32(18(16)28)14-8-6-13(23)7-9-14/h2-10,16,28,35H,11-12H2,1H3,(H,29,33)/p+1. The number of halogens is 5. The average Bonchev–Trinajstić information content (AvgIpc) is 3.18. The van der Waals surface area contributed by atoms with E-state index in [0.717, 1.165) is 42.2 Å². The normalized spacial score (nSPS) is 17.3. The van der Waals surface area contributed by atoms with Gasteiger partial charge in [0.25, 0.3) is 11.7 Å². The number of rotatable bonds is 7. The molecule has 1 aliphatic rings. The van der Waals surface area contributed by atoms with E-state index in [1.54, 1.807) is 0 Å². The van der Waals surface area contributed by atoms with Crippen molar-refractivity contribution in [3.8, 4) is 0 Å². The molecule has 0 radical (unpaired) electrons. The molecule has 0 saturated carbocycles. The molecule has 0 fully saturated rings. The van der Waals surface area contributed by atoms with E-state index in [2.05, 4.69) is 5.10 Å². The van der Waals surface area contributed by atoms with Gasteiger partial charge in [0.2, 0.25) is 5.91 Å². The number of amidine groups is 1. The van der Waals surface area contributed by atoms with Gasteiger partial charge in [-0.3, -0.25) is 15.3 Å². The molecular weight excluding hydrogens is 477 g/mol. The third-order valence-corrected chi connectivity index (χ3v) is 5.28. The predicted molar refractivity (Wildman–Crippen MR) is 115 cm³/mol. The number of nitrogens with two attached hydrogens (primary N) is 1. The molecule has 4 N–H and O–H groups in total. The second kappa shape index (κ2) is 9.78. The van der Waals surface area contributed by atoms with Crippen LogP contribution in [0.15, 0.2) is 53.6 Å². The average molecular weight is 498 g/mol. The molecule has 2 unspecified atom stereocenters. The molecule has 0 aromatic heterocycles. The monoisotopic (exact) mass is 498 g/mol. The second-order valence-corrected chi connectivity index (χ2v) is 7.84. The number of likely N-dealkylation sites (N-methyl/N-ethyl adjacent to an activating group) is 1. The maximum atomic E-state index is 13.9. The number of hydrogen-bond donors (Lipinski definition) is 3. The lowest BCUT2D eigenvalue weighted by Crippen LogP contribution is -2.60. The van der Waals surface area contributed by atoms with Crippen molar-refractivity contribution < 1.29 is 41.3 Å². The van der Waals surface area contributed by atoms with E-state index in [-0.39, 0.29) is 5.84 Å². The zero-order chi connectivity index (χ0) is 26.0. The number of benzene rings is 2.